The first-order chi connectivity index (χ1) is 13.6. The number of rotatable bonds is 4. The first-order valence-corrected chi connectivity index (χ1v) is 9.53. The molecule has 29 heavy (non-hydrogen) atoms. The van der Waals surface area contributed by atoms with Crippen LogP contribution in [0.3, 0.4) is 0 Å². The van der Waals surface area contributed by atoms with E-state index in [0.717, 1.165) is 6.21 Å². The minimum absolute atomic E-state index is 0.0194. The van der Waals surface area contributed by atoms with Gasteiger partial charge in [-0.15, -0.1) is 0 Å². The van der Waals surface area contributed by atoms with Crippen LogP contribution < -0.4 is 10.6 Å². The lowest BCUT2D eigenvalue weighted by molar-refractivity contribution is -0.537. The van der Waals surface area contributed by atoms with Gasteiger partial charge in [0.15, 0.2) is 5.57 Å². The number of nitrogens with two attached hydrogens (primary N) is 1. The maximum atomic E-state index is 14.3. The summed E-state index contributed by atoms with van der Waals surface area (Å²) in [5.74, 6) is 0.0803. The Morgan fingerprint density at radius 2 is 2.17 bits per heavy atom. The van der Waals surface area contributed by atoms with Crippen LogP contribution in [-0.2, 0) is 14.3 Å². The van der Waals surface area contributed by atoms with Gasteiger partial charge in [-0.1, -0.05) is 0 Å². The number of hydrogen-bond acceptors (Lipinski definition) is 7. The standard InChI is InChI=1S/C19H28FN5O4/c1-5-28-17(26)14(9-21)16-22-7-6-15(24-16)25-10-12(20)8-13(11-25)23-18(27)29-19(2,3)4/h6-7,9,12-13,21-22H,5,8,10-11H2,1-4H3,(H,23,27)/p+1/b16-14-,21-9?/t12-,13-/m1/s1. The van der Waals surface area contributed by atoms with Crippen molar-refractivity contribution < 1.29 is 28.8 Å². The van der Waals surface area contributed by atoms with E-state index in [2.05, 4.69) is 10.3 Å². The molecule has 0 radical (unpaired) electrons. The normalized spacial score (nSPS) is 23.8. The van der Waals surface area contributed by atoms with E-state index in [1.165, 1.54) is 0 Å². The van der Waals surface area contributed by atoms with E-state index in [0.29, 0.717) is 12.4 Å². The van der Waals surface area contributed by atoms with Crippen LogP contribution in [0.25, 0.3) is 0 Å². The molecule has 1 amide bonds. The van der Waals surface area contributed by atoms with Crippen LogP contribution in [0.4, 0.5) is 9.18 Å². The number of quaternary nitrogens is 1. The van der Waals surface area contributed by atoms with Crippen molar-refractivity contribution in [1.29, 1.82) is 5.41 Å². The molecule has 2 aliphatic heterocycles. The molecule has 2 aliphatic rings. The highest BCUT2D eigenvalue weighted by atomic mass is 19.1. The number of esters is 1. The highest BCUT2D eigenvalue weighted by Gasteiger charge is 2.32. The number of piperidine rings is 1. The molecule has 1 fully saturated rings. The summed E-state index contributed by atoms with van der Waals surface area (Å²) in [6.07, 6.45) is 2.68. The van der Waals surface area contributed by atoms with Crippen LogP contribution in [0.2, 0.25) is 0 Å². The SMILES string of the molecule is CCOC(=O)/C(C=N)=C1\N=C(N2C[C@H](F)C[C@@H](NC(=O)OC(C)(C)C)C2)C=C[NH2+]1. The van der Waals surface area contributed by atoms with Crippen LogP contribution in [0.5, 0.6) is 0 Å². The van der Waals surface area contributed by atoms with Gasteiger partial charge in [0.2, 0.25) is 5.82 Å². The van der Waals surface area contributed by atoms with Crippen molar-refractivity contribution in [2.45, 2.75) is 51.9 Å². The van der Waals surface area contributed by atoms with Crippen molar-refractivity contribution in [3.63, 3.8) is 0 Å². The Morgan fingerprint density at radius 1 is 1.45 bits per heavy atom. The van der Waals surface area contributed by atoms with Crippen LogP contribution in [0.15, 0.2) is 28.7 Å². The van der Waals surface area contributed by atoms with Crippen LogP contribution in [-0.4, -0.2) is 66.5 Å². The van der Waals surface area contributed by atoms with Crippen molar-refractivity contribution in [2.24, 2.45) is 4.99 Å². The number of aliphatic imine (C=N–C) groups is 1. The van der Waals surface area contributed by atoms with Gasteiger partial charge >= 0.3 is 12.1 Å². The van der Waals surface area contributed by atoms with Gasteiger partial charge in [-0.25, -0.2) is 14.0 Å². The molecule has 2 rings (SSSR count). The fourth-order valence-corrected chi connectivity index (χ4v) is 3.00. The molecular weight excluding hydrogens is 381 g/mol. The van der Waals surface area contributed by atoms with Crippen molar-refractivity contribution in [3.8, 4) is 0 Å². The fourth-order valence-electron chi connectivity index (χ4n) is 3.00. The zero-order valence-corrected chi connectivity index (χ0v) is 17.2. The predicted molar refractivity (Wildman–Crippen MR) is 105 cm³/mol. The summed E-state index contributed by atoms with van der Waals surface area (Å²) < 4.78 is 24.5. The average molecular weight is 410 g/mol. The third-order valence-electron chi connectivity index (χ3n) is 4.09. The molecule has 0 bridgehead atoms. The van der Waals surface area contributed by atoms with Gasteiger partial charge in [-0.2, -0.15) is 4.99 Å². The molecule has 0 aliphatic carbocycles. The Morgan fingerprint density at radius 3 is 2.79 bits per heavy atom. The molecule has 160 valence electrons. The number of likely N-dealkylation sites (tertiary alicyclic amines) is 1. The molecule has 0 unspecified atom stereocenters. The second-order valence-corrected chi connectivity index (χ2v) is 7.74. The highest BCUT2D eigenvalue weighted by molar-refractivity contribution is 6.09. The van der Waals surface area contributed by atoms with E-state index in [4.69, 9.17) is 14.9 Å². The molecule has 0 spiro atoms. The van der Waals surface area contributed by atoms with Crippen LogP contribution in [0, 0.1) is 5.41 Å². The first kappa shape index (κ1) is 22.5. The van der Waals surface area contributed by atoms with E-state index in [9.17, 15) is 14.0 Å². The molecular formula is C19H29FN5O4+. The summed E-state index contributed by atoms with van der Waals surface area (Å²) in [6, 6.07) is -0.449. The largest absolute Gasteiger partial charge is 0.462 e. The summed E-state index contributed by atoms with van der Waals surface area (Å²) >= 11 is 0. The Kier molecular flexibility index (Phi) is 7.49. The van der Waals surface area contributed by atoms with E-state index >= 15 is 0 Å². The summed E-state index contributed by atoms with van der Waals surface area (Å²) in [7, 11) is 0. The molecule has 9 nitrogen and oxygen atoms in total. The first-order valence-electron chi connectivity index (χ1n) is 9.53. The summed E-state index contributed by atoms with van der Waals surface area (Å²) in [6.45, 7) is 7.59. The number of alkyl halides is 1. The van der Waals surface area contributed by atoms with Gasteiger partial charge in [-0.05, 0) is 27.7 Å². The lowest BCUT2D eigenvalue weighted by atomic mass is 10.0. The Labute approximate surface area is 169 Å². The third-order valence-corrected chi connectivity index (χ3v) is 4.09. The maximum Gasteiger partial charge on any atom is 0.407 e. The zero-order chi connectivity index (χ0) is 21.6. The number of carbonyl (C=O) groups excluding carboxylic acids is 2. The number of carbonyl (C=O) groups is 2. The smallest absolute Gasteiger partial charge is 0.407 e. The van der Waals surface area contributed by atoms with Gasteiger partial charge in [0.05, 0.1) is 19.2 Å². The van der Waals surface area contributed by atoms with Gasteiger partial charge in [0, 0.05) is 25.3 Å². The summed E-state index contributed by atoms with van der Waals surface area (Å²) in [5, 5.41) is 11.8. The monoisotopic (exact) mass is 410 g/mol. The van der Waals surface area contributed by atoms with Gasteiger partial charge in [0.1, 0.15) is 23.8 Å². The third kappa shape index (κ3) is 6.67. The molecule has 0 aromatic carbocycles. The fraction of sp³-hybridized carbons (Fsp3) is 0.579. The van der Waals surface area contributed by atoms with Gasteiger partial charge < -0.3 is 25.1 Å². The van der Waals surface area contributed by atoms with E-state index in [-0.39, 0.29) is 31.0 Å². The Bertz CT molecular complexity index is 741. The van der Waals surface area contributed by atoms with Crippen molar-refractivity contribution in [1.82, 2.24) is 10.2 Å². The number of ether oxygens (including phenoxy) is 2. The number of nitrogens with zero attached hydrogens (tertiary/aromatic N) is 2. The van der Waals surface area contributed by atoms with Crippen molar-refractivity contribution in [3.05, 3.63) is 23.7 Å². The highest BCUT2D eigenvalue weighted by Crippen LogP contribution is 2.17. The lowest BCUT2D eigenvalue weighted by Crippen LogP contribution is -2.77. The molecule has 1 saturated heterocycles. The number of amidine groups is 1. The molecule has 0 aromatic rings. The predicted octanol–water partition coefficient (Wildman–Crippen LogP) is 0.837. The summed E-state index contributed by atoms with van der Waals surface area (Å²) in [4.78, 5) is 30.1. The topological polar surface area (TPSA) is 121 Å². The molecule has 0 aromatic heterocycles. The molecule has 2 atom stereocenters. The number of halogens is 1. The van der Waals surface area contributed by atoms with Crippen LogP contribution >= 0.6 is 0 Å². The lowest BCUT2D eigenvalue weighted by Gasteiger charge is -2.36. The Balaban J connectivity index is 2.16. The second kappa shape index (κ2) is 9.64. The quantitative estimate of drug-likeness (QED) is 0.360. The van der Waals surface area contributed by atoms with Gasteiger partial charge in [-0.3, -0.25) is 5.32 Å². The number of nitrogens with one attached hydrogen (secondary N) is 2. The minimum Gasteiger partial charge on any atom is -0.462 e. The number of hydrogen-bond donors (Lipinski definition) is 3. The van der Waals surface area contributed by atoms with E-state index in [1.54, 1.807) is 50.2 Å². The molecule has 0 saturated carbocycles. The number of alkyl carbamates (subject to hydrolysis) is 1. The summed E-state index contributed by atoms with van der Waals surface area (Å²) in [5.41, 5.74) is -0.624. The van der Waals surface area contributed by atoms with Gasteiger partial charge in [0.25, 0.3) is 0 Å². The van der Waals surface area contributed by atoms with Crippen molar-refractivity contribution in [2.75, 3.05) is 19.7 Å². The molecule has 4 N–H and O–H groups in total. The van der Waals surface area contributed by atoms with Crippen molar-refractivity contribution >= 4 is 24.1 Å². The maximum absolute atomic E-state index is 14.3. The van der Waals surface area contributed by atoms with E-state index in [1.807, 2.05) is 0 Å². The average Bonchev–Trinajstić information content (AvgIpc) is 2.60. The molecule has 2 heterocycles. The second-order valence-electron chi connectivity index (χ2n) is 7.74. The Hall–Kier alpha value is -2.75. The van der Waals surface area contributed by atoms with E-state index < -0.39 is 29.9 Å². The molecule has 10 heteroatoms. The van der Waals surface area contributed by atoms with Crippen LogP contribution in [0.1, 0.15) is 34.1 Å². The minimum atomic E-state index is -1.16. The number of amides is 1. The zero-order valence-electron chi connectivity index (χ0n) is 17.2.